The maximum Gasteiger partial charge on any atom is 0.337 e. The molecule has 1 aromatic rings. The molecule has 0 radical (unpaired) electrons. The molecule has 2 aliphatic rings. The molecule has 4 nitrogen and oxygen atoms in total. The van der Waals surface area contributed by atoms with E-state index >= 15 is 0 Å². The molecule has 1 heterocycles. The van der Waals surface area contributed by atoms with Crippen LogP contribution >= 0.6 is 0 Å². The molecule has 3 rings (SSSR count). The maximum atomic E-state index is 11.9. The van der Waals surface area contributed by atoms with Crippen LogP contribution in [0.5, 0.6) is 0 Å². The fraction of sp³-hybridized carbons (Fsp3) is 0.562. The summed E-state index contributed by atoms with van der Waals surface area (Å²) in [6, 6.07) is 10.0. The van der Waals surface area contributed by atoms with Crippen LogP contribution in [-0.2, 0) is 25.4 Å². The monoisotopic (exact) mass is 276 g/mol. The Hall–Kier alpha value is -1.39. The van der Waals surface area contributed by atoms with Crippen LogP contribution < -0.4 is 0 Å². The normalized spacial score (nSPS) is 27.9. The number of benzene rings is 1. The first-order valence-electron chi connectivity index (χ1n) is 7.20. The van der Waals surface area contributed by atoms with Gasteiger partial charge in [-0.2, -0.15) is 0 Å². The molecule has 1 aliphatic carbocycles. The topological polar surface area (TPSA) is 44.8 Å². The molecule has 0 bridgehead atoms. The number of ether oxygens (including phenoxy) is 3. The second kappa shape index (κ2) is 5.54. The van der Waals surface area contributed by atoms with E-state index in [0.717, 1.165) is 31.2 Å². The zero-order valence-electron chi connectivity index (χ0n) is 11.7. The molecule has 1 spiro atoms. The Morgan fingerprint density at radius 2 is 1.95 bits per heavy atom. The molecule has 20 heavy (non-hydrogen) atoms. The van der Waals surface area contributed by atoms with Crippen molar-refractivity contribution in [2.24, 2.45) is 0 Å². The molecule has 0 aromatic heterocycles. The van der Waals surface area contributed by atoms with E-state index in [9.17, 15) is 4.79 Å². The molecular weight excluding hydrogens is 256 g/mol. The predicted molar refractivity (Wildman–Crippen MR) is 73.1 cm³/mol. The fourth-order valence-corrected chi connectivity index (χ4v) is 3.13. The van der Waals surface area contributed by atoms with Crippen LogP contribution in [0.1, 0.15) is 31.2 Å². The Labute approximate surface area is 119 Å². The summed E-state index contributed by atoms with van der Waals surface area (Å²) in [5, 5.41) is 0. The van der Waals surface area contributed by atoms with Crippen LogP contribution in [0.15, 0.2) is 30.3 Å². The summed E-state index contributed by atoms with van der Waals surface area (Å²) >= 11 is 0. The van der Waals surface area contributed by atoms with Gasteiger partial charge in [-0.3, -0.25) is 0 Å². The lowest BCUT2D eigenvalue weighted by Gasteiger charge is -2.21. The zero-order valence-corrected chi connectivity index (χ0v) is 11.7. The fourth-order valence-electron chi connectivity index (χ4n) is 3.13. The van der Waals surface area contributed by atoms with Gasteiger partial charge < -0.3 is 14.2 Å². The average Bonchev–Trinajstić information content (AvgIpc) is 3.07. The molecule has 0 N–H and O–H groups in total. The highest BCUT2D eigenvalue weighted by molar-refractivity contribution is 5.75. The van der Waals surface area contributed by atoms with Gasteiger partial charge in [-0.25, -0.2) is 4.79 Å². The van der Waals surface area contributed by atoms with Crippen molar-refractivity contribution in [3.05, 3.63) is 35.9 Å². The minimum Gasteiger partial charge on any atom is -0.467 e. The van der Waals surface area contributed by atoms with Crippen LogP contribution in [0.25, 0.3) is 0 Å². The quantitative estimate of drug-likeness (QED) is 0.796. The largest absolute Gasteiger partial charge is 0.467 e. The molecule has 2 atom stereocenters. The lowest BCUT2D eigenvalue weighted by molar-refractivity contribution is -0.180. The van der Waals surface area contributed by atoms with E-state index in [0.29, 0.717) is 6.42 Å². The van der Waals surface area contributed by atoms with Gasteiger partial charge in [0.05, 0.1) is 7.11 Å². The SMILES string of the molecule is COC(=O)[C@H]1OC2(CCCC2)O[C@@H]1Cc1ccccc1. The first-order valence-corrected chi connectivity index (χ1v) is 7.20. The molecule has 0 unspecified atom stereocenters. The Morgan fingerprint density at radius 3 is 2.60 bits per heavy atom. The summed E-state index contributed by atoms with van der Waals surface area (Å²) < 4.78 is 16.9. The predicted octanol–water partition coefficient (Wildman–Crippen LogP) is 2.46. The Kier molecular flexibility index (Phi) is 3.76. The van der Waals surface area contributed by atoms with Crippen molar-refractivity contribution in [3.8, 4) is 0 Å². The number of carbonyl (C=O) groups excluding carboxylic acids is 1. The van der Waals surface area contributed by atoms with Gasteiger partial charge in [0.15, 0.2) is 11.9 Å². The lowest BCUT2D eigenvalue weighted by Crippen LogP contribution is -2.34. The number of hydrogen-bond acceptors (Lipinski definition) is 4. The highest BCUT2D eigenvalue weighted by Crippen LogP contribution is 2.42. The Balaban J connectivity index is 1.77. The number of esters is 1. The van der Waals surface area contributed by atoms with E-state index < -0.39 is 11.9 Å². The van der Waals surface area contributed by atoms with Gasteiger partial charge in [0.1, 0.15) is 6.10 Å². The van der Waals surface area contributed by atoms with Crippen molar-refractivity contribution in [1.29, 1.82) is 0 Å². The molecule has 0 amide bonds. The van der Waals surface area contributed by atoms with Crippen molar-refractivity contribution in [2.75, 3.05) is 7.11 Å². The molecular formula is C16H20O4. The second-order valence-corrected chi connectivity index (χ2v) is 5.53. The van der Waals surface area contributed by atoms with Gasteiger partial charge in [0, 0.05) is 19.3 Å². The van der Waals surface area contributed by atoms with E-state index in [1.54, 1.807) is 0 Å². The minimum absolute atomic E-state index is 0.261. The third-order valence-corrected chi connectivity index (χ3v) is 4.12. The highest BCUT2D eigenvalue weighted by atomic mass is 16.8. The lowest BCUT2D eigenvalue weighted by atomic mass is 10.0. The van der Waals surface area contributed by atoms with E-state index in [2.05, 4.69) is 0 Å². The van der Waals surface area contributed by atoms with Gasteiger partial charge in [-0.15, -0.1) is 0 Å². The summed E-state index contributed by atoms with van der Waals surface area (Å²) in [5.41, 5.74) is 1.14. The van der Waals surface area contributed by atoms with Gasteiger partial charge in [0.25, 0.3) is 0 Å². The molecule has 4 heteroatoms. The van der Waals surface area contributed by atoms with Gasteiger partial charge in [-0.05, 0) is 18.4 Å². The average molecular weight is 276 g/mol. The van der Waals surface area contributed by atoms with Crippen LogP contribution in [0, 0.1) is 0 Å². The van der Waals surface area contributed by atoms with E-state index in [-0.39, 0.29) is 12.1 Å². The highest BCUT2D eigenvalue weighted by Gasteiger charge is 2.51. The standard InChI is InChI=1S/C16H20O4/c1-18-15(17)14-13(11-12-7-3-2-4-8-12)19-16(20-14)9-5-6-10-16/h2-4,7-8,13-14H,5-6,9-11H2,1H3/t13-,14+/m1/s1. The van der Waals surface area contributed by atoms with Gasteiger partial charge in [-0.1, -0.05) is 30.3 Å². The number of carbonyl (C=O) groups is 1. The minimum atomic E-state index is -0.613. The second-order valence-electron chi connectivity index (χ2n) is 5.53. The van der Waals surface area contributed by atoms with Crippen LogP contribution in [0.4, 0.5) is 0 Å². The third-order valence-electron chi connectivity index (χ3n) is 4.12. The maximum absolute atomic E-state index is 11.9. The van der Waals surface area contributed by atoms with Gasteiger partial charge in [0.2, 0.25) is 0 Å². The molecule has 1 aliphatic heterocycles. The van der Waals surface area contributed by atoms with Crippen LogP contribution in [0.2, 0.25) is 0 Å². The third kappa shape index (κ3) is 2.58. The Bertz CT molecular complexity index is 465. The Morgan fingerprint density at radius 1 is 1.25 bits per heavy atom. The molecule has 1 aromatic carbocycles. The van der Waals surface area contributed by atoms with E-state index in [1.165, 1.54) is 7.11 Å². The van der Waals surface area contributed by atoms with Crippen molar-refractivity contribution in [3.63, 3.8) is 0 Å². The molecule has 2 fully saturated rings. The number of hydrogen-bond donors (Lipinski definition) is 0. The summed E-state index contributed by atoms with van der Waals surface area (Å²) in [7, 11) is 1.39. The zero-order chi connectivity index (χ0) is 14.0. The molecule has 1 saturated heterocycles. The van der Waals surface area contributed by atoms with Crippen molar-refractivity contribution in [1.82, 2.24) is 0 Å². The summed E-state index contributed by atoms with van der Waals surface area (Å²) in [6.45, 7) is 0. The van der Waals surface area contributed by atoms with Crippen molar-refractivity contribution < 1.29 is 19.0 Å². The van der Waals surface area contributed by atoms with E-state index in [1.807, 2.05) is 30.3 Å². The summed E-state index contributed by atoms with van der Waals surface area (Å²) in [5.74, 6) is -0.895. The van der Waals surface area contributed by atoms with Gasteiger partial charge >= 0.3 is 5.97 Å². The van der Waals surface area contributed by atoms with Crippen molar-refractivity contribution >= 4 is 5.97 Å². The van der Waals surface area contributed by atoms with Crippen molar-refractivity contribution in [2.45, 2.75) is 50.1 Å². The number of methoxy groups -OCH3 is 1. The van der Waals surface area contributed by atoms with Crippen LogP contribution in [0.3, 0.4) is 0 Å². The number of rotatable bonds is 3. The first kappa shape index (κ1) is 13.6. The van der Waals surface area contributed by atoms with E-state index in [4.69, 9.17) is 14.2 Å². The smallest absolute Gasteiger partial charge is 0.337 e. The molecule has 1 saturated carbocycles. The summed E-state index contributed by atoms with van der Waals surface area (Å²) in [4.78, 5) is 11.9. The summed E-state index contributed by atoms with van der Waals surface area (Å²) in [6.07, 6.45) is 3.71. The van der Waals surface area contributed by atoms with Crippen LogP contribution in [-0.4, -0.2) is 31.1 Å². The molecule has 108 valence electrons. The first-order chi connectivity index (χ1) is 9.72.